The number of benzene rings is 1. The topological polar surface area (TPSA) is 108 Å². The van der Waals surface area contributed by atoms with Crippen molar-refractivity contribution in [2.45, 2.75) is 75.3 Å². The van der Waals surface area contributed by atoms with Gasteiger partial charge in [0.05, 0.1) is 16.2 Å². The highest BCUT2D eigenvalue weighted by Crippen LogP contribution is 2.35. The molecule has 3 N–H and O–H groups in total. The smallest absolute Gasteiger partial charge is 0.252 e. The van der Waals surface area contributed by atoms with Crippen molar-refractivity contribution < 1.29 is 29.3 Å². The molecule has 0 radical (unpaired) electrons. The molecule has 4 rings (SSSR count). The molecule has 2 fully saturated rings. The van der Waals surface area contributed by atoms with Crippen molar-refractivity contribution in [1.82, 2.24) is 10.2 Å². The van der Waals surface area contributed by atoms with Gasteiger partial charge >= 0.3 is 0 Å². The van der Waals surface area contributed by atoms with E-state index in [-0.39, 0.29) is 37.4 Å². The molecule has 1 aromatic carbocycles. The summed E-state index contributed by atoms with van der Waals surface area (Å²) >= 11 is 2.17. The number of para-hydroxylation sites is 1. The van der Waals surface area contributed by atoms with E-state index < -0.39 is 24.4 Å². The maximum atomic E-state index is 13.6. The minimum Gasteiger partial charge on any atom is -0.482 e. The van der Waals surface area contributed by atoms with Crippen LogP contribution < -0.4 is 10.1 Å². The molecule has 8 nitrogen and oxygen atoms in total. The van der Waals surface area contributed by atoms with E-state index in [4.69, 9.17) is 14.6 Å². The first-order chi connectivity index (χ1) is 16.5. The Labute approximate surface area is 213 Å². The van der Waals surface area contributed by atoms with Gasteiger partial charge in [-0.05, 0) is 66.5 Å². The SMILES string of the molecule is O=C(NCCO)C1=CC(Oc2ccccc2I)C(O)C(N(C(=O)C2CCCO2)C2CCCC2)C1. The molecular formula is C25H33IN2O6. The standard InChI is InChI=1S/C25H33IN2O6/c26-18-8-3-4-9-20(18)34-22-15-16(24(31)27-11-12-29)14-19(23(22)30)28(17-6-1-2-7-17)25(32)21-10-5-13-33-21/h3-4,8-9,15,17,19,21-23,29-30H,1-2,5-7,10-14H2,(H,27,31). The summed E-state index contributed by atoms with van der Waals surface area (Å²) < 4.78 is 12.8. The summed E-state index contributed by atoms with van der Waals surface area (Å²) in [4.78, 5) is 28.3. The Kier molecular flexibility index (Phi) is 8.84. The van der Waals surface area contributed by atoms with Crippen LogP contribution in [0, 0.1) is 3.57 Å². The van der Waals surface area contributed by atoms with E-state index in [1.54, 1.807) is 6.08 Å². The highest BCUT2D eigenvalue weighted by atomic mass is 127. The summed E-state index contributed by atoms with van der Waals surface area (Å²) in [5, 5.41) is 23.3. The second kappa shape index (κ2) is 11.8. The fourth-order valence-corrected chi connectivity index (χ4v) is 5.68. The highest BCUT2D eigenvalue weighted by Gasteiger charge is 2.45. The number of nitrogens with zero attached hydrogens (tertiary/aromatic N) is 1. The summed E-state index contributed by atoms with van der Waals surface area (Å²) in [5.41, 5.74) is 0.447. The van der Waals surface area contributed by atoms with Gasteiger partial charge in [-0.1, -0.05) is 25.0 Å². The zero-order valence-electron chi connectivity index (χ0n) is 19.2. The van der Waals surface area contributed by atoms with E-state index >= 15 is 0 Å². The van der Waals surface area contributed by atoms with Crippen LogP contribution in [0.3, 0.4) is 0 Å². The number of aliphatic hydroxyl groups is 2. The van der Waals surface area contributed by atoms with Crippen LogP contribution in [-0.4, -0.2) is 77.1 Å². The maximum absolute atomic E-state index is 13.6. The molecule has 3 aliphatic rings. The van der Waals surface area contributed by atoms with Gasteiger partial charge in [0, 0.05) is 31.2 Å². The lowest BCUT2D eigenvalue weighted by Gasteiger charge is -2.44. The minimum absolute atomic E-state index is 0.00807. The average molecular weight is 584 g/mol. The van der Waals surface area contributed by atoms with Crippen LogP contribution in [0.25, 0.3) is 0 Å². The molecule has 186 valence electrons. The van der Waals surface area contributed by atoms with E-state index in [9.17, 15) is 14.7 Å². The number of rotatable bonds is 8. The Morgan fingerprint density at radius 1 is 1.18 bits per heavy atom. The second-order valence-corrected chi connectivity index (χ2v) is 10.3. The normalized spacial score (nSPS) is 27.3. The molecule has 1 saturated carbocycles. The van der Waals surface area contributed by atoms with Gasteiger partial charge in [0.1, 0.15) is 24.1 Å². The van der Waals surface area contributed by atoms with Crippen molar-refractivity contribution in [2.24, 2.45) is 0 Å². The fourth-order valence-electron chi connectivity index (χ4n) is 5.17. The van der Waals surface area contributed by atoms with Gasteiger partial charge in [-0.2, -0.15) is 0 Å². The Morgan fingerprint density at radius 2 is 1.94 bits per heavy atom. The number of nitrogens with one attached hydrogen (secondary N) is 1. The number of hydrogen-bond donors (Lipinski definition) is 3. The van der Waals surface area contributed by atoms with Crippen molar-refractivity contribution >= 4 is 34.4 Å². The van der Waals surface area contributed by atoms with Crippen LogP contribution in [0.2, 0.25) is 0 Å². The molecule has 0 aromatic heterocycles. The van der Waals surface area contributed by atoms with E-state index in [1.807, 2.05) is 29.2 Å². The Bertz CT molecular complexity index is 897. The predicted octanol–water partition coefficient (Wildman–Crippen LogP) is 2.16. The average Bonchev–Trinajstić information content (AvgIpc) is 3.56. The van der Waals surface area contributed by atoms with Gasteiger partial charge in [-0.25, -0.2) is 0 Å². The minimum atomic E-state index is -1.00. The quantitative estimate of drug-likeness (QED) is 0.405. The third kappa shape index (κ3) is 5.75. The Morgan fingerprint density at radius 3 is 2.62 bits per heavy atom. The lowest BCUT2D eigenvalue weighted by molar-refractivity contribution is -0.151. The number of halogens is 1. The molecule has 4 atom stereocenters. The van der Waals surface area contributed by atoms with Gasteiger partial charge in [0.25, 0.3) is 5.91 Å². The molecule has 2 aliphatic carbocycles. The van der Waals surface area contributed by atoms with E-state index in [0.717, 1.165) is 35.7 Å². The molecule has 1 aliphatic heterocycles. The summed E-state index contributed by atoms with van der Waals surface area (Å²) in [6.07, 6.45) is 4.90. The molecular weight excluding hydrogens is 551 g/mol. The number of aliphatic hydroxyl groups excluding tert-OH is 2. The van der Waals surface area contributed by atoms with Crippen molar-refractivity contribution in [2.75, 3.05) is 19.8 Å². The van der Waals surface area contributed by atoms with Crippen molar-refractivity contribution in [1.29, 1.82) is 0 Å². The van der Waals surface area contributed by atoms with E-state index in [1.165, 1.54) is 0 Å². The van der Waals surface area contributed by atoms with E-state index in [2.05, 4.69) is 27.9 Å². The third-order valence-electron chi connectivity index (χ3n) is 6.85. The number of ether oxygens (including phenoxy) is 2. The first-order valence-corrected chi connectivity index (χ1v) is 13.2. The van der Waals surface area contributed by atoms with Gasteiger partial charge in [-0.3, -0.25) is 9.59 Å². The summed E-state index contributed by atoms with van der Waals surface area (Å²) in [6, 6.07) is 6.89. The lowest BCUT2D eigenvalue weighted by atomic mass is 9.86. The first-order valence-electron chi connectivity index (χ1n) is 12.1. The van der Waals surface area contributed by atoms with Gasteiger partial charge < -0.3 is 29.9 Å². The molecule has 2 amide bonds. The summed E-state index contributed by atoms with van der Waals surface area (Å²) in [5.74, 6) is 0.189. The maximum Gasteiger partial charge on any atom is 0.252 e. The lowest BCUT2D eigenvalue weighted by Crippen LogP contribution is -2.59. The molecule has 4 unspecified atom stereocenters. The largest absolute Gasteiger partial charge is 0.482 e. The van der Waals surface area contributed by atoms with Crippen LogP contribution in [0.1, 0.15) is 44.9 Å². The third-order valence-corrected chi connectivity index (χ3v) is 7.74. The van der Waals surface area contributed by atoms with E-state index in [0.29, 0.717) is 24.4 Å². The first kappa shape index (κ1) is 25.4. The summed E-state index contributed by atoms with van der Waals surface area (Å²) in [7, 11) is 0. The number of carbonyl (C=O) groups excluding carboxylic acids is 2. The Hall–Kier alpha value is -1.69. The van der Waals surface area contributed by atoms with Crippen molar-refractivity contribution in [3.05, 3.63) is 39.5 Å². The van der Waals surface area contributed by atoms with Gasteiger partial charge in [0.15, 0.2) is 0 Å². The zero-order valence-corrected chi connectivity index (χ0v) is 21.4. The molecule has 1 heterocycles. The van der Waals surface area contributed by atoms with Crippen LogP contribution in [0.15, 0.2) is 35.9 Å². The van der Waals surface area contributed by atoms with Gasteiger partial charge in [0.2, 0.25) is 5.91 Å². The molecule has 0 bridgehead atoms. The molecule has 1 saturated heterocycles. The molecule has 0 spiro atoms. The van der Waals surface area contributed by atoms with Crippen molar-refractivity contribution in [3.8, 4) is 5.75 Å². The van der Waals surface area contributed by atoms with Crippen LogP contribution >= 0.6 is 22.6 Å². The molecule has 34 heavy (non-hydrogen) atoms. The fraction of sp³-hybridized carbons (Fsp3) is 0.600. The monoisotopic (exact) mass is 584 g/mol. The van der Waals surface area contributed by atoms with Crippen LogP contribution in [0.4, 0.5) is 0 Å². The van der Waals surface area contributed by atoms with Crippen molar-refractivity contribution in [3.63, 3.8) is 0 Å². The number of carbonyl (C=O) groups is 2. The summed E-state index contributed by atoms with van der Waals surface area (Å²) in [6.45, 7) is 0.528. The highest BCUT2D eigenvalue weighted by molar-refractivity contribution is 14.1. The second-order valence-electron chi connectivity index (χ2n) is 9.13. The van der Waals surface area contributed by atoms with Crippen LogP contribution in [-0.2, 0) is 14.3 Å². The number of hydrogen-bond acceptors (Lipinski definition) is 6. The number of amides is 2. The zero-order chi connectivity index (χ0) is 24.1. The van der Waals surface area contributed by atoms with Crippen LogP contribution in [0.5, 0.6) is 5.75 Å². The Balaban J connectivity index is 1.66. The predicted molar refractivity (Wildman–Crippen MR) is 134 cm³/mol. The molecule has 1 aromatic rings. The molecule has 9 heteroatoms. The van der Waals surface area contributed by atoms with Gasteiger partial charge in [-0.15, -0.1) is 0 Å².